The molecule has 3 aromatic rings. The van der Waals surface area contributed by atoms with Gasteiger partial charge in [-0.15, -0.1) is 4.40 Å². The normalized spacial score (nSPS) is 20.9. The van der Waals surface area contributed by atoms with Gasteiger partial charge in [0.2, 0.25) is 5.91 Å². The molecule has 0 saturated carbocycles. The van der Waals surface area contributed by atoms with Crippen LogP contribution in [0.25, 0.3) is 11.3 Å². The fourth-order valence-electron chi connectivity index (χ4n) is 5.42. The molecule has 1 amide bonds. The topological polar surface area (TPSA) is 92.5 Å². The summed E-state index contributed by atoms with van der Waals surface area (Å²) in [4.78, 5) is 20.9. The molecule has 2 aromatic carbocycles. The molecule has 2 aliphatic heterocycles. The summed E-state index contributed by atoms with van der Waals surface area (Å²) in [6, 6.07) is 14.8. The number of carbonyl (C=O) groups is 1. The number of pyridine rings is 1. The number of nitrogens with zero attached hydrogens (tertiary/aromatic N) is 5. The molecule has 2 atom stereocenters. The molecule has 5 rings (SSSR count). The molecular formula is C30H33ClFN5O3S. The van der Waals surface area contributed by atoms with Crippen LogP contribution in [0.4, 0.5) is 15.9 Å². The molecule has 11 heteroatoms. The molecule has 2 aliphatic rings. The summed E-state index contributed by atoms with van der Waals surface area (Å²) >= 11 is 6.76. The van der Waals surface area contributed by atoms with Crippen molar-refractivity contribution in [3.63, 3.8) is 0 Å². The van der Waals surface area contributed by atoms with Crippen LogP contribution >= 0.6 is 22.6 Å². The van der Waals surface area contributed by atoms with Crippen molar-refractivity contribution in [1.29, 1.82) is 0 Å². The second-order valence-electron chi connectivity index (χ2n) is 10.6. The lowest BCUT2D eigenvalue weighted by atomic mass is 10.0. The van der Waals surface area contributed by atoms with E-state index in [1.54, 1.807) is 35.2 Å². The van der Waals surface area contributed by atoms with E-state index in [1.165, 1.54) is 16.4 Å². The van der Waals surface area contributed by atoms with Crippen molar-refractivity contribution < 1.29 is 18.3 Å². The van der Waals surface area contributed by atoms with E-state index in [0.29, 0.717) is 30.2 Å². The van der Waals surface area contributed by atoms with Crippen LogP contribution in [-0.4, -0.2) is 60.8 Å². The molecule has 0 unspecified atom stereocenters. The summed E-state index contributed by atoms with van der Waals surface area (Å²) in [6.07, 6.45) is 1.29. The highest BCUT2D eigenvalue weighted by molar-refractivity contribution is 8.24. The minimum absolute atomic E-state index is 0.0462. The summed E-state index contributed by atoms with van der Waals surface area (Å²) in [5.74, 6) is -0.120. The van der Waals surface area contributed by atoms with E-state index in [0.717, 1.165) is 5.56 Å². The molecule has 1 fully saturated rings. The number of rotatable bonds is 4. The van der Waals surface area contributed by atoms with Crippen LogP contribution in [-0.2, 0) is 4.79 Å². The smallest absolute Gasteiger partial charge is 0.246 e. The average molecular weight is 598 g/mol. The molecule has 3 heterocycles. The highest BCUT2D eigenvalue weighted by Gasteiger charge is 2.42. The summed E-state index contributed by atoms with van der Waals surface area (Å²) < 4.78 is 44.2. The molecule has 8 nitrogen and oxygen atoms in total. The van der Waals surface area contributed by atoms with Crippen molar-refractivity contribution in [1.82, 2.24) is 14.8 Å². The molecule has 0 aliphatic carbocycles. The summed E-state index contributed by atoms with van der Waals surface area (Å²) in [6.45, 7) is 12.2. The van der Waals surface area contributed by atoms with E-state index in [9.17, 15) is 18.3 Å². The predicted octanol–water partition coefficient (Wildman–Crippen LogP) is 7.25. The van der Waals surface area contributed by atoms with Gasteiger partial charge in [-0.25, -0.2) is 13.7 Å². The first kappa shape index (κ1) is 29.1. The summed E-state index contributed by atoms with van der Waals surface area (Å²) in [5.41, 5.74) is 2.23. The Labute approximate surface area is 246 Å². The van der Waals surface area contributed by atoms with Gasteiger partial charge in [-0.05, 0) is 66.6 Å². The number of amides is 1. The Morgan fingerprint density at radius 3 is 2.46 bits per heavy atom. The molecular weight excluding hydrogens is 565 g/mol. The molecule has 1 aromatic heterocycles. The van der Waals surface area contributed by atoms with Crippen molar-refractivity contribution >= 4 is 45.8 Å². The largest absolute Gasteiger partial charge is 0.348 e. The van der Waals surface area contributed by atoms with Crippen LogP contribution in [0.1, 0.15) is 44.7 Å². The number of hydrogen-bond acceptors (Lipinski definition) is 7. The second kappa shape index (κ2) is 11.1. The van der Waals surface area contributed by atoms with Gasteiger partial charge in [0.1, 0.15) is 5.82 Å². The van der Waals surface area contributed by atoms with E-state index in [2.05, 4.69) is 11.0 Å². The number of aromatic nitrogens is 1. The fourth-order valence-corrected chi connectivity index (χ4v) is 6.99. The van der Waals surface area contributed by atoms with Crippen LogP contribution in [0, 0.1) is 5.82 Å². The lowest BCUT2D eigenvalue weighted by Gasteiger charge is -2.49. The predicted molar refractivity (Wildman–Crippen MR) is 164 cm³/mol. The first-order valence-electron chi connectivity index (χ1n) is 13.4. The zero-order chi connectivity index (χ0) is 29.6. The quantitative estimate of drug-likeness (QED) is 0.308. The Bertz CT molecular complexity index is 1550. The van der Waals surface area contributed by atoms with E-state index < -0.39 is 16.8 Å². The molecule has 1 saturated heterocycles. The lowest BCUT2D eigenvalue weighted by molar-refractivity contribution is -0.130. The first-order chi connectivity index (χ1) is 19.4. The van der Waals surface area contributed by atoms with Gasteiger partial charge in [0.05, 0.1) is 22.0 Å². The van der Waals surface area contributed by atoms with Gasteiger partial charge in [-0.1, -0.05) is 62.4 Å². The standard InChI is InChI=1S/C30H33ClFN5O3S/c1-6-27(38)35-16-20(5)36(17-19(35)4)30-23-15-24(31)28(22-12-7-9-13-25(22)32)33-29(23)37(41(39,40)34-30)26-14-10-8-11-21(26)18(2)3/h6-15,18-20,39-40H,1,16-17H2,2-5H3/t19-,20+/m1/s1. The van der Waals surface area contributed by atoms with Crippen molar-refractivity contribution in [2.75, 3.05) is 17.4 Å². The Morgan fingerprint density at radius 1 is 1.10 bits per heavy atom. The highest BCUT2D eigenvalue weighted by Crippen LogP contribution is 2.58. The summed E-state index contributed by atoms with van der Waals surface area (Å²) in [7, 11) is -3.86. The van der Waals surface area contributed by atoms with Crippen LogP contribution in [0.3, 0.4) is 0 Å². The Morgan fingerprint density at radius 2 is 1.78 bits per heavy atom. The molecule has 41 heavy (non-hydrogen) atoms. The third kappa shape index (κ3) is 5.21. The molecule has 2 N–H and O–H groups in total. The van der Waals surface area contributed by atoms with E-state index in [1.807, 2.05) is 50.8 Å². The van der Waals surface area contributed by atoms with Gasteiger partial charge in [0.15, 0.2) is 11.7 Å². The Balaban J connectivity index is 1.73. The highest BCUT2D eigenvalue weighted by atomic mass is 35.5. The maximum absolute atomic E-state index is 14.9. The van der Waals surface area contributed by atoms with Gasteiger partial charge in [-0.3, -0.25) is 13.9 Å². The maximum Gasteiger partial charge on any atom is 0.246 e. The number of hydrogen-bond donors (Lipinski definition) is 2. The fraction of sp³-hybridized carbons (Fsp3) is 0.300. The van der Waals surface area contributed by atoms with Crippen molar-refractivity contribution in [3.8, 4) is 11.3 Å². The maximum atomic E-state index is 14.9. The molecule has 216 valence electrons. The average Bonchev–Trinajstić information content (AvgIpc) is 2.93. The first-order valence-corrected chi connectivity index (χ1v) is 15.2. The number of amidine groups is 1. The van der Waals surface area contributed by atoms with E-state index in [4.69, 9.17) is 16.6 Å². The lowest BCUT2D eigenvalue weighted by Crippen LogP contribution is -2.59. The number of para-hydroxylation sites is 1. The van der Waals surface area contributed by atoms with Gasteiger partial charge in [-0.2, -0.15) is 0 Å². The monoisotopic (exact) mass is 597 g/mol. The van der Waals surface area contributed by atoms with Crippen LogP contribution < -0.4 is 4.31 Å². The Hall–Kier alpha value is -3.44. The number of carbonyl (C=O) groups excluding carboxylic acids is 1. The van der Waals surface area contributed by atoms with E-state index in [-0.39, 0.29) is 46.0 Å². The van der Waals surface area contributed by atoms with Crippen LogP contribution in [0.5, 0.6) is 0 Å². The van der Waals surface area contributed by atoms with Gasteiger partial charge in [0, 0.05) is 30.7 Å². The third-order valence-corrected chi connectivity index (χ3v) is 9.03. The minimum atomic E-state index is -3.86. The second-order valence-corrected chi connectivity index (χ2v) is 12.6. The van der Waals surface area contributed by atoms with Crippen molar-refractivity contribution in [2.24, 2.45) is 4.40 Å². The summed E-state index contributed by atoms with van der Waals surface area (Å²) in [5, 5.41) is 0.193. The van der Waals surface area contributed by atoms with Crippen LogP contribution in [0.2, 0.25) is 5.02 Å². The minimum Gasteiger partial charge on any atom is -0.348 e. The van der Waals surface area contributed by atoms with Gasteiger partial charge in [0.25, 0.3) is 0 Å². The number of halogens is 2. The SMILES string of the molecule is C=CC(=O)N1C[C@H](C)N(C2=NS(O)(O)N(c3ccccc3C(C)C)c3nc(-c4ccccc4F)c(Cl)cc32)C[C@H]1C. The van der Waals surface area contributed by atoms with Gasteiger partial charge < -0.3 is 9.80 Å². The molecule has 0 radical (unpaired) electrons. The van der Waals surface area contributed by atoms with Crippen LogP contribution in [0.15, 0.2) is 71.6 Å². The third-order valence-electron chi connectivity index (χ3n) is 7.47. The molecule has 0 spiro atoms. The van der Waals surface area contributed by atoms with Gasteiger partial charge >= 0.3 is 0 Å². The van der Waals surface area contributed by atoms with E-state index >= 15 is 0 Å². The zero-order valence-electron chi connectivity index (χ0n) is 23.3. The molecule has 0 bridgehead atoms. The number of piperazine rings is 1. The number of fused-ring (bicyclic) bond motifs is 1. The zero-order valence-corrected chi connectivity index (χ0v) is 24.9. The Kier molecular flexibility index (Phi) is 7.86. The number of benzene rings is 2. The number of anilines is 2. The van der Waals surface area contributed by atoms with Crippen molar-refractivity contribution in [2.45, 2.75) is 45.7 Å². The van der Waals surface area contributed by atoms with Crippen molar-refractivity contribution in [3.05, 3.63) is 89.2 Å².